The summed E-state index contributed by atoms with van der Waals surface area (Å²) in [5.41, 5.74) is -0.518. The van der Waals surface area contributed by atoms with Gasteiger partial charge in [0.05, 0.1) is 6.10 Å². The van der Waals surface area contributed by atoms with E-state index < -0.39 is 27.9 Å². The highest BCUT2D eigenvalue weighted by Gasteiger charge is 2.53. The molecular weight excluding hydrogens is 407 g/mol. The summed E-state index contributed by atoms with van der Waals surface area (Å²) in [6, 6.07) is 1.12. The van der Waals surface area contributed by atoms with Crippen LogP contribution in [-0.2, 0) is 9.47 Å². The summed E-state index contributed by atoms with van der Waals surface area (Å²) in [6.45, 7) is 1.94. The highest BCUT2D eigenvalue weighted by Crippen LogP contribution is 2.42. The average Bonchev–Trinajstić information content (AvgIpc) is 3.30. The zero-order valence-electron chi connectivity index (χ0n) is 13.4. The number of hydrogen-bond acceptors (Lipinski definition) is 7. The second-order valence-corrected chi connectivity index (χ2v) is 8.08. The van der Waals surface area contributed by atoms with Gasteiger partial charge in [-0.15, -0.1) is 0 Å². The molecule has 1 saturated heterocycles. The van der Waals surface area contributed by atoms with Gasteiger partial charge in [0, 0.05) is 6.20 Å². The maximum atomic E-state index is 12.5. The van der Waals surface area contributed by atoms with E-state index in [9.17, 15) is 4.79 Å². The molecule has 12 heteroatoms. The Labute approximate surface area is 162 Å². The first-order chi connectivity index (χ1) is 12.4. The molecule has 0 N–H and O–H groups in total. The predicted octanol–water partition coefficient (Wildman–Crippen LogP) is 1.67. The molecule has 2 aliphatic heterocycles. The maximum absolute atomic E-state index is 12.5. The average molecular weight is 420 g/mol. The molecule has 0 spiro atoms. The Kier molecular flexibility index (Phi) is 4.42. The molecule has 26 heavy (non-hydrogen) atoms. The fourth-order valence-electron chi connectivity index (χ4n) is 3.05. The molecule has 0 bridgehead atoms. The number of aromatic nitrogens is 5. The molecule has 4 heterocycles. The van der Waals surface area contributed by atoms with Crippen LogP contribution in [0.4, 0.5) is 0 Å². The van der Waals surface area contributed by atoms with Gasteiger partial charge in [-0.05, 0) is 12.5 Å². The van der Waals surface area contributed by atoms with Crippen LogP contribution in [-0.4, -0.2) is 52.3 Å². The Morgan fingerprint density at radius 3 is 2.77 bits per heavy atom. The van der Waals surface area contributed by atoms with Crippen LogP contribution in [0.2, 0.25) is 0 Å². The van der Waals surface area contributed by atoms with E-state index in [1.807, 2.05) is 6.92 Å². The van der Waals surface area contributed by atoms with Crippen molar-refractivity contribution in [1.29, 1.82) is 0 Å². The second-order valence-electron chi connectivity index (χ2n) is 5.79. The summed E-state index contributed by atoms with van der Waals surface area (Å²) < 4.78 is 12.6. The number of nitrogens with zero attached hydrogens (tertiary/aromatic N) is 6. The van der Waals surface area contributed by atoms with Crippen molar-refractivity contribution in [3.8, 4) is 5.82 Å². The van der Waals surface area contributed by atoms with Gasteiger partial charge in [-0.1, -0.05) is 41.7 Å². The largest absolute Gasteiger partial charge is 0.469 e. The molecule has 0 radical (unpaired) electrons. The van der Waals surface area contributed by atoms with Gasteiger partial charge in [0.1, 0.15) is 18.7 Å². The molecule has 138 valence electrons. The van der Waals surface area contributed by atoms with Crippen LogP contribution in [0.25, 0.3) is 5.82 Å². The topological polar surface area (TPSA) is 96.4 Å². The standard InChI is InChI=1S/C14H13Cl3N6O3/c1-2-7-10-9(21-12(26-10)14(15,16)17)11(25-7)22-4-3-8(20-13(22)24)23-6-18-5-19-23/h3-7,9-11H,2H2,1H3/t7-,9?,10+,11-/m1/s1. The lowest BCUT2D eigenvalue weighted by atomic mass is 10.1. The molecule has 0 saturated carbocycles. The number of hydrogen-bond donors (Lipinski definition) is 0. The van der Waals surface area contributed by atoms with Gasteiger partial charge in [-0.25, -0.2) is 19.5 Å². The normalized spacial score (nSPS) is 27.9. The minimum absolute atomic E-state index is 0.00416. The summed E-state index contributed by atoms with van der Waals surface area (Å²) in [7, 11) is 0. The van der Waals surface area contributed by atoms with Crippen LogP contribution in [0, 0.1) is 0 Å². The number of rotatable bonds is 3. The number of ether oxygens (including phenoxy) is 2. The van der Waals surface area contributed by atoms with E-state index in [4.69, 9.17) is 44.3 Å². The third kappa shape index (κ3) is 2.98. The Bertz CT molecular complexity index is 894. The van der Waals surface area contributed by atoms with Crippen LogP contribution in [0.3, 0.4) is 0 Å². The predicted molar refractivity (Wildman–Crippen MR) is 94.0 cm³/mol. The Balaban J connectivity index is 1.69. The molecule has 1 fully saturated rings. The number of fused-ring (bicyclic) bond motifs is 1. The summed E-state index contributed by atoms with van der Waals surface area (Å²) in [5.74, 6) is 0.350. The zero-order chi connectivity index (χ0) is 18.5. The zero-order valence-corrected chi connectivity index (χ0v) is 15.6. The van der Waals surface area contributed by atoms with E-state index in [1.54, 1.807) is 12.3 Å². The van der Waals surface area contributed by atoms with Gasteiger partial charge in [-0.3, -0.25) is 4.57 Å². The van der Waals surface area contributed by atoms with E-state index in [1.165, 1.54) is 21.9 Å². The first kappa shape index (κ1) is 17.7. The van der Waals surface area contributed by atoms with E-state index in [0.717, 1.165) is 0 Å². The lowest BCUT2D eigenvalue weighted by Crippen LogP contribution is -2.33. The molecule has 0 aromatic carbocycles. The first-order valence-corrected chi connectivity index (χ1v) is 8.93. The summed E-state index contributed by atoms with van der Waals surface area (Å²) in [5, 5.41) is 3.95. The quantitative estimate of drug-likeness (QED) is 0.702. The fourth-order valence-corrected chi connectivity index (χ4v) is 3.33. The second kappa shape index (κ2) is 6.49. The Hall–Kier alpha value is -1.68. The lowest BCUT2D eigenvalue weighted by Gasteiger charge is -2.19. The Morgan fingerprint density at radius 2 is 2.15 bits per heavy atom. The van der Waals surface area contributed by atoms with Gasteiger partial charge < -0.3 is 9.47 Å². The molecule has 0 aliphatic carbocycles. The van der Waals surface area contributed by atoms with E-state index in [2.05, 4.69) is 20.1 Å². The van der Waals surface area contributed by atoms with Gasteiger partial charge in [0.2, 0.25) is 5.90 Å². The van der Waals surface area contributed by atoms with Crippen molar-refractivity contribution >= 4 is 40.7 Å². The maximum Gasteiger partial charge on any atom is 0.351 e. The number of alkyl halides is 3. The van der Waals surface area contributed by atoms with Crippen LogP contribution in [0.1, 0.15) is 19.6 Å². The minimum Gasteiger partial charge on any atom is -0.469 e. The van der Waals surface area contributed by atoms with E-state index in [-0.39, 0.29) is 12.0 Å². The molecule has 2 aromatic heterocycles. The van der Waals surface area contributed by atoms with Crippen molar-refractivity contribution in [1.82, 2.24) is 24.3 Å². The third-order valence-corrected chi connectivity index (χ3v) is 4.70. The SMILES string of the molecule is CC[C@H]1O[C@@H](n2ccc(-n3cncn3)nc2=O)C2N=C(C(Cl)(Cl)Cl)O[C@H]21. The van der Waals surface area contributed by atoms with Gasteiger partial charge in [0.15, 0.2) is 18.1 Å². The highest BCUT2D eigenvalue weighted by atomic mass is 35.6. The van der Waals surface area contributed by atoms with Crippen LogP contribution in [0.15, 0.2) is 34.7 Å². The molecule has 4 rings (SSSR count). The van der Waals surface area contributed by atoms with Crippen molar-refractivity contribution < 1.29 is 9.47 Å². The molecule has 9 nitrogen and oxygen atoms in total. The molecule has 2 aromatic rings. The van der Waals surface area contributed by atoms with Crippen molar-refractivity contribution in [2.24, 2.45) is 4.99 Å². The van der Waals surface area contributed by atoms with E-state index in [0.29, 0.717) is 12.2 Å². The Morgan fingerprint density at radius 1 is 1.35 bits per heavy atom. The van der Waals surface area contributed by atoms with Gasteiger partial charge in [-0.2, -0.15) is 10.1 Å². The van der Waals surface area contributed by atoms with Gasteiger partial charge in [0.25, 0.3) is 3.79 Å². The monoisotopic (exact) mass is 418 g/mol. The summed E-state index contributed by atoms with van der Waals surface area (Å²) in [4.78, 5) is 24.7. The first-order valence-electron chi connectivity index (χ1n) is 7.80. The van der Waals surface area contributed by atoms with Crippen LogP contribution < -0.4 is 5.69 Å². The fraction of sp³-hybridized carbons (Fsp3) is 0.500. The smallest absolute Gasteiger partial charge is 0.351 e. The van der Waals surface area contributed by atoms with Crippen molar-refractivity contribution in [3.63, 3.8) is 0 Å². The molecule has 2 aliphatic rings. The minimum atomic E-state index is -1.77. The van der Waals surface area contributed by atoms with E-state index >= 15 is 0 Å². The number of halogens is 3. The van der Waals surface area contributed by atoms with Gasteiger partial charge >= 0.3 is 5.69 Å². The van der Waals surface area contributed by atoms with Crippen LogP contribution in [0.5, 0.6) is 0 Å². The summed E-state index contributed by atoms with van der Waals surface area (Å²) >= 11 is 17.6. The van der Waals surface area contributed by atoms with Crippen molar-refractivity contribution in [3.05, 3.63) is 35.4 Å². The van der Waals surface area contributed by atoms with Crippen LogP contribution >= 0.6 is 34.8 Å². The molecule has 1 unspecified atom stereocenters. The van der Waals surface area contributed by atoms with Crippen molar-refractivity contribution in [2.75, 3.05) is 0 Å². The molecular formula is C14H13Cl3N6O3. The molecule has 4 atom stereocenters. The summed E-state index contributed by atoms with van der Waals surface area (Å²) in [6.07, 6.45) is 3.59. The molecule has 0 amide bonds. The van der Waals surface area contributed by atoms with Crippen molar-refractivity contribution in [2.45, 2.75) is 41.6 Å². The number of aliphatic imine (C=N–C) groups is 1. The third-order valence-electron chi connectivity index (χ3n) is 4.21. The highest BCUT2D eigenvalue weighted by molar-refractivity contribution is 6.76. The lowest BCUT2D eigenvalue weighted by molar-refractivity contribution is -0.0235.